The highest BCUT2D eigenvalue weighted by atomic mass is 16.1. The number of aromatic amines is 2. The van der Waals surface area contributed by atoms with E-state index >= 15 is 0 Å². The average Bonchev–Trinajstić information content (AvgIpc) is 3.19. The first kappa shape index (κ1) is 15.1. The molecule has 0 radical (unpaired) electrons. The third-order valence-electron chi connectivity index (χ3n) is 4.11. The Morgan fingerprint density at radius 1 is 1.16 bits per heavy atom. The van der Waals surface area contributed by atoms with Crippen LogP contribution in [-0.4, -0.2) is 31.1 Å². The van der Waals surface area contributed by atoms with Crippen LogP contribution >= 0.6 is 0 Å². The highest BCUT2D eigenvalue weighted by Gasteiger charge is 2.15. The predicted molar refractivity (Wildman–Crippen MR) is 95.3 cm³/mol. The number of pyridine rings is 1. The van der Waals surface area contributed by atoms with Crippen molar-refractivity contribution in [3.05, 3.63) is 59.5 Å². The highest BCUT2D eigenvalue weighted by molar-refractivity contribution is 6.04. The van der Waals surface area contributed by atoms with Gasteiger partial charge in [0.25, 0.3) is 5.91 Å². The van der Waals surface area contributed by atoms with E-state index in [2.05, 4.69) is 30.5 Å². The minimum absolute atomic E-state index is 0.272. The van der Waals surface area contributed by atoms with Crippen molar-refractivity contribution in [1.82, 2.24) is 25.1 Å². The van der Waals surface area contributed by atoms with Crippen molar-refractivity contribution in [3.63, 3.8) is 0 Å². The number of nitrogens with one attached hydrogen (secondary N) is 3. The zero-order chi connectivity index (χ0) is 17.4. The number of imidazole rings is 1. The lowest BCUT2D eigenvalue weighted by Crippen LogP contribution is -2.13. The number of nitrogens with zero attached hydrogens (tertiary/aromatic N) is 3. The molecule has 124 valence electrons. The van der Waals surface area contributed by atoms with Crippen LogP contribution in [0.2, 0.25) is 0 Å². The normalized spacial score (nSPS) is 11.0. The lowest BCUT2D eigenvalue weighted by Gasteiger charge is -2.03. The number of hydrogen-bond donors (Lipinski definition) is 3. The second-order valence-corrected chi connectivity index (χ2v) is 5.82. The van der Waals surface area contributed by atoms with Gasteiger partial charge in [0.2, 0.25) is 0 Å². The maximum Gasteiger partial charge on any atom is 0.276 e. The summed E-state index contributed by atoms with van der Waals surface area (Å²) in [6, 6.07) is 11.6. The summed E-state index contributed by atoms with van der Waals surface area (Å²) in [5.41, 5.74) is 5.01. The summed E-state index contributed by atoms with van der Waals surface area (Å²) in [5, 5.41) is 9.67. The van der Waals surface area contributed by atoms with Crippen LogP contribution in [0.25, 0.3) is 22.6 Å². The number of benzene rings is 1. The van der Waals surface area contributed by atoms with Crippen LogP contribution < -0.4 is 5.32 Å². The van der Waals surface area contributed by atoms with Crippen molar-refractivity contribution in [2.24, 2.45) is 0 Å². The number of amides is 1. The molecule has 3 N–H and O–H groups in total. The van der Waals surface area contributed by atoms with Crippen molar-refractivity contribution in [1.29, 1.82) is 0 Å². The maximum absolute atomic E-state index is 12.4. The zero-order valence-corrected chi connectivity index (χ0v) is 13.8. The van der Waals surface area contributed by atoms with E-state index in [1.54, 1.807) is 6.20 Å². The van der Waals surface area contributed by atoms with Crippen LogP contribution in [0.5, 0.6) is 0 Å². The minimum atomic E-state index is -0.272. The number of carbonyl (C=O) groups is 1. The first-order chi connectivity index (χ1) is 12.1. The van der Waals surface area contributed by atoms with E-state index < -0.39 is 0 Å². The highest BCUT2D eigenvalue weighted by Crippen LogP contribution is 2.21. The molecule has 0 saturated heterocycles. The second kappa shape index (κ2) is 5.86. The Labute approximate surface area is 143 Å². The van der Waals surface area contributed by atoms with E-state index in [9.17, 15) is 4.79 Å². The monoisotopic (exact) mass is 332 g/mol. The number of hydrogen-bond acceptors (Lipinski definition) is 4. The van der Waals surface area contributed by atoms with E-state index in [0.717, 1.165) is 28.2 Å². The van der Waals surface area contributed by atoms with E-state index in [-0.39, 0.29) is 5.91 Å². The summed E-state index contributed by atoms with van der Waals surface area (Å²) in [6.45, 7) is 3.73. The molecule has 4 rings (SSSR count). The molecule has 0 spiro atoms. The Morgan fingerprint density at radius 3 is 2.68 bits per heavy atom. The van der Waals surface area contributed by atoms with Crippen molar-refractivity contribution in [3.8, 4) is 11.4 Å². The van der Waals surface area contributed by atoms with E-state index in [1.807, 2.05) is 50.2 Å². The summed E-state index contributed by atoms with van der Waals surface area (Å²) >= 11 is 0. The summed E-state index contributed by atoms with van der Waals surface area (Å²) in [6.07, 6.45) is 1.59. The number of anilines is 1. The maximum atomic E-state index is 12.4. The Hall–Kier alpha value is -3.48. The van der Waals surface area contributed by atoms with Gasteiger partial charge >= 0.3 is 0 Å². The van der Waals surface area contributed by atoms with E-state index in [4.69, 9.17) is 0 Å². The minimum Gasteiger partial charge on any atom is -0.337 e. The molecule has 1 aromatic carbocycles. The van der Waals surface area contributed by atoms with Gasteiger partial charge in [0, 0.05) is 16.8 Å². The van der Waals surface area contributed by atoms with Gasteiger partial charge in [-0.25, -0.2) is 9.97 Å². The zero-order valence-electron chi connectivity index (χ0n) is 13.8. The van der Waals surface area contributed by atoms with Crippen molar-refractivity contribution in [2.75, 3.05) is 5.32 Å². The predicted octanol–water partition coefficient (Wildman–Crippen LogP) is 3.22. The molecular weight excluding hydrogens is 316 g/mol. The van der Waals surface area contributed by atoms with Crippen LogP contribution in [0, 0.1) is 13.8 Å². The molecule has 7 heteroatoms. The van der Waals surface area contributed by atoms with Crippen molar-refractivity contribution < 1.29 is 4.79 Å². The lowest BCUT2D eigenvalue weighted by atomic mass is 10.2. The first-order valence-corrected chi connectivity index (χ1v) is 7.86. The summed E-state index contributed by atoms with van der Waals surface area (Å²) in [7, 11) is 0. The molecule has 0 aliphatic rings. The molecule has 0 atom stereocenters. The number of fused-ring (bicyclic) bond motifs is 1. The Morgan fingerprint density at radius 2 is 1.96 bits per heavy atom. The van der Waals surface area contributed by atoms with E-state index in [0.29, 0.717) is 17.0 Å². The summed E-state index contributed by atoms with van der Waals surface area (Å²) in [5.74, 6) is 0.469. The third kappa shape index (κ3) is 2.76. The van der Waals surface area contributed by atoms with Crippen LogP contribution in [0.15, 0.2) is 42.6 Å². The summed E-state index contributed by atoms with van der Waals surface area (Å²) in [4.78, 5) is 24.4. The second-order valence-electron chi connectivity index (χ2n) is 5.82. The molecule has 1 amide bonds. The molecule has 0 aliphatic heterocycles. The number of aromatic nitrogens is 5. The molecule has 3 aromatic heterocycles. The number of rotatable bonds is 3. The topological polar surface area (TPSA) is 99.3 Å². The van der Waals surface area contributed by atoms with Gasteiger partial charge in [-0.15, -0.1) is 0 Å². The fourth-order valence-corrected chi connectivity index (χ4v) is 2.60. The van der Waals surface area contributed by atoms with Gasteiger partial charge in [0.05, 0.1) is 17.4 Å². The molecule has 3 heterocycles. The average molecular weight is 332 g/mol. The molecule has 0 saturated carbocycles. The van der Waals surface area contributed by atoms with Crippen molar-refractivity contribution >= 4 is 22.8 Å². The number of H-pyrrole nitrogens is 2. The van der Waals surface area contributed by atoms with Gasteiger partial charge in [-0.1, -0.05) is 30.3 Å². The number of carbonyl (C=O) groups excluding carboxylic acids is 1. The van der Waals surface area contributed by atoms with Gasteiger partial charge in [0.15, 0.2) is 11.3 Å². The SMILES string of the molecule is Cc1[nH]nc(C(=O)Nc2cnc3nc(-c4ccccc4)[nH]c3c2)c1C. The molecule has 25 heavy (non-hydrogen) atoms. The van der Waals surface area contributed by atoms with Crippen LogP contribution in [-0.2, 0) is 0 Å². The smallest absolute Gasteiger partial charge is 0.276 e. The Kier molecular flexibility index (Phi) is 3.53. The molecule has 0 bridgehead atoms. The fraction of sp³-hybridized carbons (Fsp3) is 0.111. The van der Waals surface area contributed by atoms with E-state index in [1.165, 1.54) is 0 Å². The van der Waals surface area contributed by atoms with Gasteiger partial charge in [-0.05, 0) is 19.9 Å². The fourth-order valence-electron chi connectivity index (χ4n) is 2.60. The summed E-state index contributed by atoms with van der Waals surface area (Å²) < 4.78 is 0. The van der Waals surface area contributed by atoms with Crippen molar-refractivity contribution in [2.45, 2.75) is 13.8 Å². The standard InChI is InChI=1S/C18H16N6O/c1-10-11(2)23-24-15(10)18(25)20-13-8-14-17(19-9-13)22-16(21-14)12-6-4-3-5-7-12/h3-9H,1-2H3,(H,20,25)(H,23,24)(H,19,21,22). The Bertz CT molecular complexity index is 1060. The van der Waals surface area contributed by atoms with Gasteiger partial charge in [0.1, 0.15) is 5.82 Å². The lowest BCUT2D eigenvalue weighted by molar-refractivity contribution is 0.102. The molecule has 0 aliphatic carbocycles. The van der Waals surface area contributed by atoms with Crippen LogP contribution in [0.3, 0.4) is 0 Å². The molecule has 7 nitrogen and oxygen atoms in total. The van der Waals surface area contributed by atoms with Crippen LogP contribution in [0.1, 0.15) is 21.7 Å². The van der Waals surface area contributed by atoms with Gasteiger partial charge in [-0.2, -0.15) is 5.10 Å². The van der Waals surface area contributed by atoms with Crippen LogP contribution in [0.4, 0.5) is 5.69 Å². The van der Waals surface area contributed by atoms with Gasteiger partial charge in [-0.3, -0.25) is 9.89 Å². The molecular formula is C18H16N6O. The Balaban J connectivity index is 1.63. The largest absolute Gasteiger partial charge is 0.337 e. The third-order valence-corrected chi connectivity index (χ3v) is 4.11. The van der Waals surface area contributed by atoms with Gasteiger partial charge < -0.3 is 10.3 Å². The molecule has 0 fully saturated rings. The first-order valence-electron chi connectivity index (χ1n) is 7.86. The number of aryl methyl sites for hydroxylation is 1. The molecule has 0 unspecified atom stereocenters. The quantitative estimate of drug-likeness (QED) is 0.536. The molecule has 4 aromatic rings.